The standard InChI is InChI=1S/C22H43NO5S/c1-2-3-4-5-6-7-8-9-10-11-12-13-14-15-16-17-18-23-22(25)19-21(20-24)29(26,27)28/h20-21H,2-19H2,1H3,(H,23,25)(H,26,27,28). The fourth-order valence-electron chi connectivity index (χ4n) is 3.38. The van der Waals surface area contributed by atoms with Crippen LogP contribution >= 0.6 is 0 Å². The first kappa shape index (κ1) is 28.1. The lowest BCUT2D eigenvalue weighted by Gasteiger charge is -2.08. The van der Waals surface area contributed by atoms with Crippen molar-refractivity contribution in [3.63, 3.8) is 0 Å². The summed E-state index contributed by atoms with van der Waals surface area (Å²) in [6.45, 7) is 2.72. The smallest absolute Gasteiger partial charge is 0.275 e. The van der Waals surface area contributed by atoms with Crippen LogP contribution in [0.25, 0.3) is 0 Å². The van der Waals surface area contributed by atoms with Crippen LogP contribution in [0.15, 0.2) is 0 Å². The molecule has 0 aromatic heterocycles. The zero-order chi connectivity index (χ0) is 21.8. The summed E-state index contributed by atoms with van der Waals surface area (Å²) < 4.78 is 30.6. The van der Waals surface area contributed by atoms with Gasteiger partial charge in [0.2, 0.25) is 5.91 Å². The predicted molar refractivity (Wildman–Crippen MR) is 119 cm³/mol. The van der Waals surface area contributed by atoms with E-state index in [0.29, 0.717) is 6.54 Å². The first-order valence-corrected chi connectivity index (χ1v) is 13.1. The molecular formula is C22H43NO5S. The second-order valence-electron chi connectivity index (χ2n) is 8.05. The zero-order valence-electron chi connectivity index (χ0n) is 18.4. The van der Waals surface area contributed by atoms with Crippen molar-refractivity contribution in [3.8, 4) is 0 Å². The highest BCUT2D eigenvalue weighted by Crippen LogP contribution is 2.13. The van der Waals surface area contributed by atoms with E-state index in [1.54, 1.807) is 0 Å². The van der Waals surface area contributed by atoms with Crippen LogP contribution in [0.3, 0.4) is 0 Å². The van der Waals surface area contributed by atoms with Gasteiger partial charge in [-0.1, -0.05) is 103 Å². The van der Waals surface area contributed by atoms with Crippen molar-refractivity contribution < 1.29 is 22.6 Å². The second kappa shape index (κ2) is 19.0. The molecule has 1 amide bonds. The van der Waals surface area contributed by atoms with Crippen LogP contribution in [0.4, 0.5) is 0 Å². The minimum Gasteiger partial charge on any atom is -0.356 e. The molecule has 0 rings (SSSR count). The third-order valence-corrected chi connectivity index (χ3v) is 6.32. The van der Waals surface area contributed by atoms with E-state index in [4.69, 9.17) is 4.55 Å². The molecule has 0 spiro atoms. The highest BCUT2D eigenvalue weighted by molar-refractivity contribution is 7.87. The normalized spacial score (nSPS) is 12.6. The maximum absolute atomic E-state index is 11.6. The Bertz CT molecular complexity index is 507. The molecule has 0 saturated carbocycles. The summed E-state index contributed by atoms with van der Waals surface area (Å²) in [5, 5.41) is 0.923. The van der Waals surface area contributed by atoms with Gasteiger partial charge in [0.05, 0.1) is 6.42 Å². The maximum Gasteiger partial charge on any atom is 0.275 e. The Balaban J connectivity index is 3.33. The molecule has 7 heteroatoms. The highest BCUT2D eigenvalue weighted by atomic mass is 32.2. The van der Waals surface area contributed by atoms with E-state index in [-0.39, 0.29) is 6.29 Å². The van der Waals surface area contributed by atoms with Gasteiger partial charge >= 0.3 is 0 Å². The fourth-order valence-corrected chi connectivity index (χ4v) is 3.88. The summed E-state index contributed by atoms with van der Waals surface area (Å²) in [7, 11) is -4.50. The van der Waals surface area contributed by atoms with Crippen molar-refractivity contribution in [2.75, 3.05) is 6.54 Å². The molecule has 0 aromatic rings. The van der Waals surface area contributed by atoms with Gasteiger partial charge in [-0.05, 0) is 6.42 Å². The van der Waals surface area contributed by atoms with E-state index in [1.807, 2.05) is 0 Å². The topological polar surface area (TPSA) is 101 Å². The van der Waals surface area contributed by atoms with E-state index >= 15 is 0 Å². The minimum absolute atomic E-state index is 0.0869. The molecule has 29 heavy (non-hydrogen) atoms. The van der Waals surface area contributed by atoms with Crippen LogP contribution in [-0.4, -0.2) is 37.0 Å². The van der Waals surface area contributed by atoms with Crippen molar-refractivity contribution in [1.82, 2.24) is 5.32 Å². The Kier molecular flexibility index (Phi) is 18.4. The van der Waals surface area contributed by atoms with Gasteiger partial charge in [0, 0.05) is 6.54 Å². The molecule has 0 aliphatic carbocycles. The van der Waals surface area contributed by atoms with Gasteiger partial charge < -0.3 is 10.1 Å². The molecule has 0 bridgehead atoms. The largest absolute Gasteiger partial charge is 0.356 e. The van der Waals surface area contributed by atoms with Crippen LogP contribution in [0.2, 0.25) is 0 Å². The van der Waals surface area contributed by atoms with E-state index < -0.39 is 27.7 Å². The number of unbranched alkanes of at least 4 members (excludes halogenated alkanes) is 15. The van der Waals surface area contributed by atoms with Crippen LogP contribution in [0.1, 0.15) is 116 Å². The number of rotatable bonds is 21. The Morgan fingerprint density at radius 2 is 1.17 bits per heavy atom. The molecule has 6 nitrogen and oxygen atoms in total. The number of carbonyl (C=O) groups excluding carboxylic acids is 2. The first-order valence-electron chi connectivity index (χ1n) is 11.6. The Morgan fingerprint density at radius 3 is 1.52 bits per heavy atom. The average Bonchev–Trinajstić information content (AvgIpc) is 2.67. The number of hydrogen-bond donors (Lipinski definition) is 2. The average molecular weight is 434 g/mol. The third-order valence-electron chi connectivity index (χ3n) is 5.27. The van der Waals surface area contributed by atoms with Gasteiger partial charge in [0.15, 0.2) is 5.25 Å². The van der Waals surface area contributed by atoms with Crippen LogP contribution in [0, 0.1) is 0 Å². The van der Waals surface area contributed by atoms with Crippen molar-refractivity contribution >= 4 is 22.3 Å². The molecule has 0 heterocycles. The second-order valence-corrected chi connectivity index (χ2v) is 9.68. The van der Waals surface area contributed by atoms with E-state index in [0.717, 1.165) is 19.3 Å². The highest BCUT2D eigenvalue weighted by Gasteiger charge is 2.25. The zero-order valence-corrected chi connectivity index (χ0v) is 19.2. The maximum atomic E-state index is 11.6. The monoisotopic (exact) mass is 433 g/mol. The Labute approximate surface area is 178 Å². The van der Waals surface area contributed by atoms with Crippen molar-refractivity contribution in [1.29, 1.82) is 0 Å². The van der Waals surface area contributed by atoms with Crippen molar-refractivity contribution in [2.24, 2.45) is 0 Å². The van der Waals surface area contributed by atoms with E-state index in [2.05, 4.69) is 12.2 Å². The fraction of sp³-hybridized carbons (Fsp3) is 0.909. The number of carbonyl (C=O) groups is 2. The number of aldehydes is 1. The molecule has 0 fully saturated rings. The van der Waals surface area contributed by atoms with Gasteiger partial charge in [-0.3, -0.25) is 9.35 Å². The summed E-state index contributed by atoms with van der Waals surface area (Å²) in [5.41, 5.74) is 0. The van der Waals surface area contributed by atoms with Gasteiger partial charge in [-0.15, -0.1) is 0 Å². The molecule has 172 valence electrons. The predicted octanol–water partition coefficient (Wildman–Crippen LogP) is 5.21. The summed E-state index contributed by atoms with van der Waals surface area (Å²) >= 11 is 0. The number of amides is 1. The minimum atomic E-state index is -4.50. The van der Waals surface area contributed by atoms with Gasteiger partial charge in [0.25, 0.3) is 10.1 Å². The summed E-state index contributed by atoms with van der Waals surface area (Å²) in [5.74, 6) is -0.527. The number of nitrogens with one attached hydrogen (secondary N) is 1. The molecule has 0 aliphatic rings. The van der Waals surface area contributed by atoms with Gasteiger partial charge in [-0.25, -0.2) is 0 Å². The molecule has 0 aromatic carbocycles. The SMILES string of the molecule is CCCCCCCCCCCCCCCCCCNC(=O)CC(C=O)S(=O)(=O)O. The molecule has 0 aliphatic heterocycles. The Morgan fingerprint density at radius 1 is 0.793 bits per heavy atom. The van der Waals surface area contributed by atoms with Gasteiger partial charge in [0.1, 0.15) is 6.29 Å². The molecule has 0 saturated heterocycles. The summed E-state index contributed by atoms with van der Waals surface area (Å²) in [4.78, 5) is 22.2. The number of hydrogen-bond acceptors (Lipinski definition) is 4. The van der Waals surface area contributed by atoms with E-state index in [9.17, 15) is 18.0 Å². The third kappa shape index (κ3) is 18.8. The van der Waals surface area contributed by atoms with Crippen molar-refractivity contribution in [2.45, 2.75) is 121 Å². The van der Waals surface area contributed by atoms with Crippen molar-refractivity contribution in [3.05, 3.63) is 0 Å². The molecule has 2 N–H and O–H groups in total. The van der Waals surface area contributed by atoms with E-state index in [1.165, 1.54) is 83.5 Å². The van der Waals surface area contributed by atoms with Crippen LogP contribution < -0.4 is 5.32 Å². The van der Waals surface area contributed by atoms with Crippen LogP contribution in [-0.2, 0) is 19.7 Å². The lowest BCUT2D eigenvalue weighted by atomic mass is 10.0. The van der Waals surface area contributed by atoms with Gasteiger partial charge in [-0.2, -0.15) is 8.42 Å². The molecule has 1 atom stereocenters. The first-order chi connectivity index (χ1) is 13.9. The molecule has 1 unspecified atom stereocenters. The molecule has 0 radical (unpaired) electrons. The summed E-state index contributed by atoms with van der Waals surface area (Å²) in [6, 6.07) is 0. The molecular weight excluding hydrogens is 390 g/mol. The Hall–Kier alpha value is -0.950. The lowest BCUT2D eigenvalue weighted by molar-refractivity contribution is -0.122. The van der Waals surface area contributed by atoms with Crippen LogP contribution in [0.5, 0.6) is 0 Å². The quantitative estimate of drug-likeness (QED) is 0.147. The summed E-state index contributed by atoms with van der Waals surface area (Å²) in [6.07, 6.45) is 20.1. The lowest BCUT2D eigenvalue weighted by Crippen LogP contribution is -2.32.